The largest absolute Gasteiger partial charge is 0.394 e. The molecule has 0 aromatic rings. The van der Waals surface area contributed by atoms with Crippen molar-refractivity contribution in [1.29, 1.82) is 0 Å². The summed E-state index contributed by atoms with van der Waals surface area (Å²) < 4.78 is 37.9. The van der Waals surface area contributed by atoms with Crippen LogP contribution >= 0.6 is 0 Å². The summed E-state index contributed by atoms with van der Waals surface area (Å²) in [4.78, 5) is 0. The molecule has 7 aliphatic rings. The van der Waals surface area contributed by atoms with E-state index in [9.17, 15) is 66.4 Å². The minimum atomic E-state index is -1.77. The molecule has 4 saturated carbocycles. The van der Waals surface area contributed by atoms with Crippen molar-refractivity contribution in [3.63, 3.8) is 0 Å². The summed E-state index contributed by atoms with van der Waals surface area (Å²) in [5.74, 6) is -1.42. The first kappa shape index (κ1) is 53.8. The van der Waals surface area contributed by atoms with E-state index < -0.39 is 175 Å². The molecule has 7 rings (SSSR count). The summed E-state index contributed by atoms with van der Waals surface area (Å²) >= 11 is 0. The lowest BCUT2D eigenvalue weighted by Crippen LogP contribution is -2.71. The van der Waals surface area contributed by atoms with Crippen molar-refractivity contribution < 1.29 is 94.8 Å². The molecule has 7 fully saturated rings. The minimum Gasteiger partial charge on any atom is -0.394 e. The van der Waals surface area contributed by atoms with Crippen LogP contribution in [0.1, 0.15) is 107 Å². The van der Waals surface area contributed by atoms with Gasteiger partial charge >= 0.3 is 0 Å². The van der Waals surface area contributed by atoms with Crippen molar-refractivity contribution in [2.24, 2.45) is 45.3 Å². The second-order valence-electron chi connectivity index (χ2n) is 23.1. The molecule has 0 aromatic heterocycles. The minimum absolute atomic E-state index is 0.133. The molecule has 27 unspecified atom stereocenters. The highest BCUT2D eigenvalue weighted by atomic mass is 16.8. The summed E-state index contributed by atoms with van der Waals surface area (Å²) in [5.41, 5.74) is -3.37. The molecule has 0 bridgehead atoms. The van der Waals surface area contributed by atoms with E-state index in [4.69, 9.17) is 28.4 Å². The van der Waals surface area contributed by atoms with Crippen LogP contribution in [0.4, 0.5) is 0 Å². The van der Waals surface area contributed by atoms with Gasteiger partial charge < -0.3 is 94.8 Å². The van der Waals surface area contributed by atoms with Crippen molar-refractivity contribution in [2.45, 2.75) is 229 Å². The third kappa shape index (κ3) is 8.92. The van der Waals surface area contributed by atoms with E-state index >= 15 is 0 Å². The number of ether oxygens (including phenoxy) is 6. The molecule has 3 saturated heterocycles. The average molecular weight is 963 g/mol. The lowest BCUT2D eigenvalue weighted by molar-refractivity contribution is -0.382. The van der Waals surface area contributed by atoms with Gasteiger partial charge in [-0.15, -0.1) is 0 Å². The van der Waals surface area contributed by atoms with Gasteiger partial charge in [-0.05, 0) is 117 Å². The second-order valence-corrected chi connectivity index (χ2v) is 23.1. The molecule has 19 heteroatoms. The highest BCUT2D eigenvalue weighted by molar-refractivity contribution is 5.22. The zero-order chi connectivity index (χ0) is 49.7. The van der Waals surface area contributed by atoms with E-state index in [1.807, 2.05) is 20.8 Å². The molecule has 4 aliphatic carbocycles. The Morgan fingerprint density at radius 2 is 1.30 bits per heavy atom. The Hall–Kier alpha value is -1.02. The summed E-state index contributed by atoms with van der Waals surface area (Å²) in [7, 11) is 0. The van der Waals surface area contributed by atoms with E-state index in [2.05, 4.69) is 27.4 Å². The van der Waals surface area contributed by atoms with Gasteiger partial charge in [0.1, 0.15) is 67.1 Å². The van der Waals surface area contributed by atoms with Gasteiger partial charge in [-0.1, -0.05) is 46.8 Å². The molecule has 0 aromatic carbocycles. The molecule has 13 N–H and O–H groups in total. The quantitative estimate of drug-likeness (QED) is 0.0773. The summed E-state index contributed by atoms with van der Waals surface area (Å²) in [5, 5.41) is 143. The van der Waals surface area contributed by atoms with Gasteiger partial charge in [0.2, 0.25) is 0 Å². The van der Waals surface area contributed by atoms with Gasteiger partial charge in [-0.25, -0.2) is 0 Å². The molecule has 19 nitrogen and oxygen atoms in total. The third-order valence-corrected chi connectivity index (χ3v) is 19.0. The summed E-state index contributed by atoms with van der Waals surface area (Å²) in [6, 6.07) is 0. The van der Waals surface area contributed by atoms with Crippen LogP contribution in [0, 0.1) is 45.3 Å². The van der Waals surface area contributed by atoms with Crippen molar-refractivity contribution in [1.82, 2.24) is 0 Å². The van der Waals surface area contributed by atoms with Crippen LogP contribution in [-0.4, -0.2) is 202 Å². The zero-order valence-corrected chi connectivity index (χ0v) is 40.3. The normalized spacial score (nSPS) is 53.4. The van der Waals surface area contributed by atoms with Gasteiger partial charge in [-0.3, -0.25) is 0 Å². The Morgan fingerprint density at radius 3 is 1.91 bits per heavy atom. The van der Waals surface area contributed by atoms with E-state index in [0.29, 0.717) is 44.1 Å². The van der Waals surface area contributed by atoms with E-state index in [1.165, 1.54) is 6.92 Å². The van der Waals surface area contributed by atoms with Crippen LogP contribution in [0.3, 0.4) is 0 Å². The molecule has 0 spiro atoms. The van der Waals surface area contributed by atoms with Crippen LogP contribution in [0.25, 0.3) is 0 Å². The molecule has 3 aliphatic heterocycles. The number of aliphatic hydroxyl groups excluding tert-OH is 13. The third-order valence-electron chi connectivity index (χ3n) is 19.0. The van der Waals surface area contributed by atoms with Gasteiger partial charge in [-0.2, -0.15) is 0 Å². The summed E-state index contributed by atoms with van der Waals surface area (Å²) in [6.07, 6.45) is -23.0. The Labute approximate surface area is 393 Å². The molecular formula is C48H82O19. The van der Waals surface area contributed by atoms with Gasteiger partial charge in [0.25, 0.3) is 0 Å². The number of hydrogen-bond donors (Lipinski definition) is 13. The number of aliphatic hydroxyl groups is 13. The SMILES string of the molecule is C=C(C)C(O)CCC(C)(OC1OC(CO)C(O)C(O)C1O)C1CCC2(C)C1C(O)CC1C3(C)CCC(O)C(C)(C)C3C(OC3OC(CO)C(O)C(O)C3OC3OC(C)C(O)C(O)C3O)CC12C. The Balaban J connectivity index is 1.27. The molecule has 388 valence electrons. The van der Waals surface area contributed by atoms with Crippen LogP contribution in [0.2, 0.25) is 0 Å². The average Bonchev–Trinajstić information content (AvgIpc) is 3.66. The fraction of sp³-hybridized carbons (Fsp3) is 0.958. The molecule has 0 amide bonds. The highest BCUT2D eigenvalue weighted by Crippen LogP contribution is 2.76. The van der Waals surface area contributed by atoms with Crippen LogP contribution in [0.15, 0.2) is 12.2 Å². The Kier molecular flexibility index (Phi) is 15.6. The first-order valence-corrected chi connectivity index (χ1v) is 24.4. The fourth-order valence-electron chi connectivity index (χ4n) is 14.9. The topological polar surface area (TPSA) is 318 Å². The van der Waals surface area contributed by atoms with Crippen LogP contribution in [-0.2, 0) is 28.4 Å². The Bertz CT molecular complexity index is 1720. The van der Waals surface area contributed by atoms with E-state index in [-0.39, 0.29) is 18.8 Å². The molecule has 0 radical (unpaired) electrons. The lowest BCUT2D eigenvalue weighted by atomic mass is 9.34. The van der Waals surface area contributed by atoms with Crippen molar-refractivity contribution in [3.8, 4) is 0 Å². The van der Waals surface area contributed by atoms with Crippen molar-refractivity contribution in [3.05, 3.63) is 12.2 Å². The monoisotopic (exact) mass is 963 g/mol. The zero-order valence-electron chi connectivity index (χ0n) is 40.3. The predicted octanol–water partition coefficient (Wildman–Crippen LogP) is -1.06. The van der Waals surface area contributed by atoms with E-state index in [0.717, 1.165) is 0 Å². The predicted molar refractivity (Wildman–Crippen MR) is 235 cm³/mol. The second kappa shape index (κ2) is 19.4. The van der Waals surface area contributed by atoms with E-state index in [1.54, 1.807) is 6.92 Å². The fourth-order valence-corrected chi connectivity index (χ4v) is 14.9. The van der Waals surface area contributed by atoms with Crippen LogP contribution < -0.4 is 0 Å². The van der Waals surface area contributed by atoms with Gasteiger partial charge in [0.15, 0.2) is 18.9 Å². The van der Waals surface area contributed by atoms with Crippen LogP contribution in [0.5, 0.6) is 0 Å². The standard InChI is InChI=1S/C48H82O19/c1-20(2)23(51)11-15-48(9,67-42-38(61)35(58)32(55)26(18-49)64-42)22-10-14-46(7)30(22)24(52)16-28-45(6)13-12-29(53)44(4,5)40(45)25(17-47(28,46)8)63-43-39(36(59)33(56)27(19-50)65-43)66-41-37(60)34(57)31(54)21(3)62-41/h21-43,49-61H,1,10-19H2,2-9H3. The Morgan fingerprint density at radius 1 is 0.716 bits per heavy atom. The maximum atomic E-state index is 12.7. The highest BCUT2D eigenvalue weighted by Gasteiger charge is 2.74. The number of fused-ring (bicyclic) bond motifs is 5. The molecule has 67 heavy (non-hydrogen) atoms. The summed E-state index contributed by atoms with van der Waals surface area (Å²) in [6.45, 7) is 18.1. The van der Waals surface area contributed by atoms with Gasteiger partial charge in [0.05, 0.1) is 49.3 Å². The molecular weight excluding hydrogens is 881 g/mol. The smallest absolute Gasteiger partial charge is 0.187 e. The first-order valence-electron chi connectivity index (χ1n) is 24.4. The molecule has 27 atom stereocenters. The number of rotatable bonds is 13. The maximum absolute atomic E-state index is 12.7. The molecule has 3 heterocycles. The van der Waals surface area contributed by atoms with Crippen molar-refractivity contribution >= 4 is 0 Å². The maximum Gasteiger partial charge on any atom is 0.187 e. The number of hydrogen-bond acceptors (Lipinski definition) is 19. The van der Waals surface area contributed by atoms with Crippen molar-refractivity contribution in [2.75, 3.05) is 13.2 Å². The lowest BCUT2D eigenvalue weighted by Gasteiger charge is -2.72. The first-order chi connectivity index (χ1) is 31.1. The van der Waals surface area contributed by atoms with Gasteiger partial charge in [0, 0.05) is 0 Å².